The first-order chi connectivity index (χ1) is 38.9. The number of esters is 1. The van der Waals surface area contributed by atoms with Crippen molar-refractivity contribution in [3.05, 3.63) is 72.9 Å². The molecule has 1 amide bonds. The maximum atomic E-state index is 13.5. The van der Waals surface area contributed by atoms with Gasteiger partial charge in [-0.05, 0) is 96.0 Å². The van der Waals surface area contributed by atoms with E-state index >= 15 is 0 Å². The zero-order valence-electron chi connectivity index (χ0n) is 53.3. The smallest absolute Gasteiger partial charge is 0.306 e. The number of rotatable bonds is 61. The molecule has 0 saturated heterocycles. The Morgan fingerprint density at radius 3 is 1.25 bits per heavy atom. The van der Waals surface area contributed by atoms with Crippen LogP contribution in [0.3, 0.4) is 0 Å². The predicted octanol–water partition coefficient (Wildman–Crippen LogP) is 20.5. The number of nitrogens with one attached hydrogen (secondary N) is 1. The van der Waals surface area contributed by atoms with Crippen LogP contribution in [0.15, 0.2) is 72.9 Å². The number of likely N-dealkylation sites (N-methyl/N-ethyl adjacent to an activating group) is 1. The van der Waals surface area contributed by atoms with E-state index in [0.29, 0.717) is 17.4 Å². The summed E-state index contributed by atoms with van der Waals surface area (Å²) in [6, 6.07) is -0.904. The van der Waals surface area contributed by atoms with Crippen LogP contribution in [0.1, 0.15) is 310 Å². The van der Waals surface area contributed by atoms with E-state index in [1.165, 1.54) is 193 Å². The van der Waals surface area contributed by atoms with Gasteiger partial charge in [0, 0.05) is 12.8 Å². The van der Waals surface area contributed by atoms with Crippen molar-refractivity contribution >= 4 is 19.7 Å². The van der Waals surface area contributed by atoms with Crippen LogP contribution in [0.25, 0.3) is 0 Å². The SMILES string of the molecule is CCCCC/C=C\C/C=C\C/C=C\CCCCCCCCCCCCCCCCC(=O)OC(/C=C\CCCCCCCCCCC)C(COP(=O)([O-])OCC[N+](C)(C)C)NC(=O)CCCCC/C=C/C=C/CCCCCCCCC. The lowest BCUT2D eigenvalue weighted by Crippen LogP contribution is -2.47. The van der Waals surface area contributed by atoms with Gasteiger partial charge in [-0.1, -0.05) is 274 Å². The Morgan fingerprint density at radius 2 is 0.800 bits per heavy atom. The number of carbonyl (C=O) groups excluding carboxylic acids is 2. The van der Waals surface area contributed by atoms with Crippen molar-refractivity contribution < 1.29 is 37.3 Å². The summed E-state index contributed by atoms with van der Waals surface area (Å²) in [6.45, 7) is 6.80. The second-order valence-electron chi connectivity index (χ2n) is 24.0. The number of phosphoric ester groups is 1. The van der Waals surface area contributed by atoms with Crippen LogP contribution in [0, 0.1) is 0 Å². The number of phosphoric acid groups is 1. The van der Waals surface area contributed by atoms with Crippen LogP contribution in [-0.4, -0.2) is 69.4 Å². The Labute approximate surface area is 495 Å². The Morgan fingerprint density at radius 1 is 0.450 bits per heavy atom. The summed E-state index contributed by atoms with van der Waals surface area (Å²) < 4.78 is 30.3. The molecule has 0 aromatic rings. The molecule has 1 N–H and O–H groups in total. The minimum Gasteiger partial charge on any atom is -0.756 e. The number of unbranched alkanes of at least 4 members (excludes halogenated alkanes) is 36. The summed E-state index contributed by atoms with van der Waals surface area (Å²) in [5.74, 6) is -0.567. The van der Waals surface area contributed by atoms with Crippen molar-refractivity contribution in [1.29, 1.82) is 0 Å². The summed E-state index contributed by atoms with van der Waals surface area (Å²) in [5, 5.41) is 3.02. The molecule has 0 aromatic heterocycles. The largest absolute Gasteiger partial charge is 0.756 e. The van der Waals surface area contributed by atoms with E-state index in [4.69, 9.17) is 13.8 Å². The molecule has 0 heterocycles. The Balaban J connectivity index is 5.04. The molecule has 80 heavy (non-hydrogen) atoms. The molecule has 0 bridgehead atoms. The van der Waals surface area contributed by atoms with Gasteiger partial charge in [0.1, 0.15) is 19.3 Å². The van der Waals surface area contributed by atoms with Crippen molar-refractivity contribution in [3.63, 3.8) is 0 Å². The lowest BCUT2D eigenvalue weighted by atomic mass is 10.0. The molecule has 10 heteroatoms. The van der Waals surface area contributed by atoms with E-state index < -0.39 is 26.6 Å². The second-order valence-corrected chi connectivity index (χ2v) is 25.4. The van der Waals surface area contributed by atoms with Gasteiger partial charge in [0.15, 0.2) is 0 Å². The van der Waals surface area contributed by atoms with Crippen molar-refractivity contribution in [3.8, 4) is 0 Å². The first-order valence-corrected chi connectivity index (χ1v) is 35.2. The maximum Gasteiger partial charge on any atom is 0.306 e. The highest BCUT2D eigenvalue weighted by Crippen LogP contribution is 2.38. The fraction of sp³-hybridized carbons (Fsp3) is 0.800. The lowest BCUT2D eigenvalue weighted by molar-refractivity contribution is -0.870. The molecule has 0 rings (SSSR count). The molecular weight excluding hydrogens is 1010 g/mol. The zero-order chi connectivity index (χ0) is 58.6. The van der Waals surface area contributed by atoms with Crippen LogP contribution in [-0.2, 0) is 27.9 Å². The number of hydrogen-bond acceptors (Lipinski definition) is 7. The standard InChI is InChI=1S/C70H129N2O7P/c1-7-10-13-16-19-22-25-27-29-31-32-33-34-35-36-37-38-39-40-41-43-45-48-51-54-57-60-63-70(74)79-68(61-58-55-52-49-46-24-21-18-15-12-9-3)67(66-78-80(75,76)77-65-64-72(4,5)6)71-69(73)62-59-56-53-50-47-44-42-30-28-26-23-20-17-14-11-8-2/h19,22,27,29-30,32-33,42,44,47,58,61,67-68H,7-18,20-21,23-26,28,31,34-41,43,45-46,48-57,59-60,62-66H2,1-6H3,(H-,71,73,75,76)/b22-19-,29-27-,33-32-,42-30+,47-44+,61-58-. The quantitative estimate of drug-likeness (QED) is 0.0161. The monoisotopic (exact) mass is 1140 g/mol. The average molecular weight is 1140 g/mol. The number of allylic oxidation sites excluding steroid dienone is 11. The highest BCUT2D eigenvalue weighted by Gasteiger charge is 2.27. The van der Waals surface area contributed by atoms with Gasteiger partial charge in [-0.15, -0.1) is 0 Å². The Bertz CT molecular complexity index is 1600. The highest BCUT2D eigenvalue weighted by molar-refractivity contribution is 7.45. The summed E-state index contributed by atoms with van der Waals surface area (Å²) in [5.41, 5.74) is 0. The molecule has 0 aromatic carbocycles. The predicted molar refractivity (Wildman–Crippen MR) is 344 cm³/mol. The molecule has 0 radical (unpaired) electrons. The third kappa shape index (κ3) is 60.1. The number of carbonyl (C=O) groups is 2. The number of amides is 1. The lowest BCUT2D eigenvalue weighted by Gasteiger charge is -2.30. The van der Waals surface area contributed by atoms with Gasteiger partial charge in [-0.25, -0.2) is 0 Å². The van der Waals surface area contributed by atoms with Gasteiger partial charge in [0.2, 0.25) is 5.91 Å². The van der Waals surface area contributed by atoms with Crippen molar-refractivity contribution in [2.24, 2.45) is 0 Å². The van der Waals surface area contributed by atoms with Gasteiger partial charge < -0.3 is 28.5 Å². The summed E-state index contributed by atoms with van der Waals surface area (Å²) in [4.78, 5) is 40.0. The van der Waals surface area contributed by atoms with Crippen LogP contribution in [0.5, 0.6) is 0 Å². The Hall–Kier alpha value is -2.55. The molecule has 0 fully saturated rings. The molecule has 0 aliphatic carbocycles. The fourth-order valence-electron chi connectivity index (χ4n) is 9.64. The van der Waals surface area contributed by atoms with E-state index in [9.17, 15) is 19.0 Å². The molecule has 0 aliphatic rings. The van der Waals surface area contributed by atoms with Crippen molar-refractivity contribution in [1.82, 2.24) is 5.32 Å². The van der Waals surface area contributed by atoms with Gasteiger partial charge in [-0.2, -0.15) is 0 Å². The van der Waals surface area contributed by atoms with Crippen LogP contribution < -0.4 is 10.2 Å². The molecule has 466 valence electrons. The van der Waals surface area contributed by atoms with Crippen LogP contribution >= 0.6 is 7.82 Å². The molecule has 0 aliphatic heterocycles. The summed E-state index contributed by atoms with van der Waals surface area (Å²) in [6.07, 6.45) is 77.4. The van der Waals surface area contributed by atoms with E-state index in [1.54, 1.807) is 0 Å². The maximum absolute atomic E-state index is 13.5. The van der Waals surface area contributed by atoms with E-state index in [-0.39, 0.29) is 31.3 Å². The van der Waals surface area contributed by atoms with Crippen LogP contribution in [0.2, 0.25) is 0 Å². The van der Waals surface area contributed by atoms with E-state index in [1.807, 2.05) is 33.3 Å². The number of hydrogen-bond donors (Lipinski definition) is 1. The van der Waals surface area contributed by atoms with Gasteiger partial charge in [0.25, 0.3) is 7.82 Å². The molecule has 0 saturated carbocycles. The van der Waals surface area contributed by atoms with E-state index in [0.717, 1.165) is 77.0 Å². The highest BCUT2D eigenvalue weighted by atomic mass is 31.2. The molecular formula is C70H129N2O7P. The van der Waals surface area contributed by atoms with Crippen LogP contribution in [0.4, 0.5) is 0 Å². The first kappa shape index (κ1) is 77.5. The van der Waals surface area contributed by atoms with Gasteiger partial charge in [0.05, 0.1) is 33.8 Å². The van der Waals surface area contributed by atoms with E-state index in [2.05, 4.69) is 86.8 Å². The molecule has 9 nitrogen and oxygen atoms in total. The molecule has 3 unspecified atom stereocenters. The second kappa shape index (κ2) is 59.6. The minimum absolute atomic E-state index is 0.0286. The topological polar surface area (TPSA) is 114 Å². The normalized spacial score (nSPS) is 14.0. The number of quaternary nitrogens is 1. The van der Waals surface area contributed by atoms with Crippen molar-refractivity contribution in [2.45, 2.75) is 322 Å². The number of nitrogens with zero attached hydrogens (tertiary/aromatic N) is 1. The van der Waals surface area contributed by atoms with Crippen molar-refractivity contribution in [2.75, 3.05) is 40.9 Å². The summed E-state index contributed by atoms with van der Waals surface area (Å²) in [7, 11) is 1.17. The third-order valence-electron chi connectivity index (χ3n) is 14.9. The molecule has 0 spiro atoms. The first-order valence-electron chi connectivity index (χ1n) is 33.8. The summed E-state index contributed by atoms with van der Waals surface area (Å²) >= 11 is 0. The Kier molecular flexibility index (Phi) is 57.7. The number of ether oxygens (including phenoxy) is 1. The minimum atomic E-state index is -4.71. The zero-order valence-corrected chi connectivity index (χ0v) is 54.2. The van der Waals surface area contributed by atoms with Gasteiger partial charge in [-0.3, -0.25) is 14.2 Å². The fourth-order valence-corrected chi connectivity index (χ4v) is 10.4. The van der Waals surface area contributed by atoms with Gasteiger partial charge >= 0.3 is 5.97 Å². The average Bonchev–Trinajstić information content (AvgIpc) is 3.43. The third-order valence-corrected chi connectivity index (χ3v) is 15.9. The molecule has 3 atom stereocenters.